The first kappa shape index (κ1) is 15.5. The Hall–Kier alpha value is -1.87. The van der Waals surface area contributed by atoms with Crippen LogP contribution in [0.2, 0.25) is 0 Å². The van der Waals surface area contributed by atoms with E-state index in [0.29, 0.717) is 0 Å². The molecule has 0 aliphatic rings. The number of benzene rings is 1. The minimum Gasteiger partial charge on any atom is -0.495 e. The molecule has 21 heavy (non-hydrogen) atoms. The van der Waals surface area contributed by atoms with Crippen molar-refractivity contribution in [2.24, 2.45) is 0 Å². The first-order valence-corrected chi connectivity index (χ1v) is 7.42. The Kier molecular flexibility index (Phi) is 5.34. The molecule has 0 aliphatic heterocycles. The highest BCUT2D eigenvalue weighted by molar-refractivity contribution is 5.33. The predicted molar refractivity (Wildman–Crippen MR) is 86.8 cm³/mol. The highest BCUT2D eigenvalue weighted by Crippen LogP contribution is 2.23. The number of hydrogen-bond donors (Lipinski definition) is 1. The molecule has 3 nitrogen and oxygen atoms in total. The van der Waals surface area contributed by atoms with Crippen LogP contribution in [0.25, 0.3) is 0 Å². The fraction of sp³-hybridized carbons (Fsp3) is 0.389. The molecule has 2 aromatic rings. The van der Waals surface area contributed by atoms with Crippen molar-refractivity contribution in [2.45, 2.75) is 33.2 Å². The number of pyridine rings is 1. The van der Waals surface area contributed by atoms with Crippen molar-refractivity contribution in [3.8, 4) is 5.75 Å². The smallest absolute Gasteiger partial charge is 0.137 e. The lowest BCUT2D eigenvalue weighted by Crippen LogP contribution is -2.23. The first-order valence-electron chi connectivity index (χ1n) is 7.42. The quantitative estimate of drug-likeness (QED) is 0.880. The summed E-state index contributed by atoms with van der Waals surface area (Å²) >= 11 is 0. The maximum absolute atomic E-state index is 5.29. The molecule has 1 N–H and O–H groups in total. The Bertz CT molecular complexity index is 596. The van der Waals surface area contributed by atoms with Gasteiger partial charge in [0.25, 0.3) is 0 Å². The predicted octanol–water partition coefficient (Wildman–Crippen LogP) is 3.60. The van der Waals surface area contributed by atoms with Crippen molar-refractivity contribution < 1.29 is 4.74 Å². The van der Waals surface area contributed by atoms with E-state index in [2.05, 4.69) is 55.3 Å². The monoisotopic (exact) mass is 284 g/mol. The van der Waals surface area contributed by atoms with Gasteiger partial charge in [0.15, 0.2) is 0 Å². The highest BCUT2D eigenvalue weighted by atomic mass is 16.5. The summed E-state index contributed by atoms with van der Waals surface area (Å²) in [6.45, 7) is 7.36. The SMILES string of the molecule is CCNC(Cc1cc(C)ccc1C)c1cncc(OC)c1. The van der Waals surface area contributed by atoms with Gasteiger partial charge in [-0.25, -0.2) is 0 Å². The van der Waals surface area contributed by atoms with Gasteiger partial charge >= 0.3 is 0 Å². The van der Waals surface area contributed by atoms with Crippen molar-refractivity contribution in [2.75, 3.05) is 13.7 Å². The summed E-state index contributed by atoms with van der Waals surface area (Å²) in [6.07, 6.45) is 4.61. The van der Waals surface area contributed by atoms with Crippen LogP contribution < -0.4 is 10.1 Å². The van der Waals surface area contributed by atoms with Gasteiger partial charge in [0, 0.05) is 12.2 Å². The van der Waals surface area contributed by atoms with Crippen LogP contribution in [0.4, 0.5) is 0 Å². The zero-order chi connectivity index (χ0) is 15.2. The summed E-state index contributed by atoms with van der Waals surface area (Å²) in [7, 11) is 1.67. The fourth-order valence-corrected chi connectivity index (χ4v) is 2.53. The summed E-state index contributed by atoms with van der Waals surface area (Å²) in [5.74, 6) is 0.802. The van der Waals surface area contributed by atoms with Crippen LogP contribution in [0.5, 0.6) is 5.75 Å². The van der Waals surface area contributed by atoms with E-state index in [9.17, 15) is 0 Å². The van der Waals surface area contributed by atoms with E-state index < -0.39 is 0 Å². The molecule has 0 fully saturated rings. The summed E-state index contributed by atoms with van der Waals surface area (Å²) in [4.78, 5) is 4.28. The van der Waals surface area contributed by atoms with Crippen LogP contribution in [0.15, 0.2) is 36.7 Å². The van der Waals surface area contributed by atoms with Gasteiger partial charge in [-0.2, -0.15) is 0 Å². The van der Waals surface area contributed by atoms with Crippen molar-refractivity contribution in [1.82, 2.24) is 10.3 Å². The average molecular weight is 284 g/mol. The van der Waals surface area contributed by atoms with Crippen molar-refractivity contribution in [1.29, 1.82) is 0 Å². The Balaban J connectivity index is 2.28. The molecule has 0 saturated carbocycles. The zero-order valence-corrected chi connectivity index (χ0v) is 13.3. The molecule has 0 amide bonds. The molecule has 0 saturated heterocycles. The molecular formula is C18H24N2O. The van der Waals surface area contributed by atoms with Crippen LogP contribution in [0.1, 0.15) is 35.2 Å². The van der Waals surface area contributed by atoms with E-state index in [4.69, 9.17) is 4.74 Å². The van der Waals surface area contributed by atoms with E-state index in [0.717, 1.165) is 24.3 Å². The van der Waals surface area contributed by atoms with Gasteiger partial charge in [0.05, 0.1) is 13.3 Å². The van der Waals surface area contributed by atoms with E-state index >= 15 is 0 Å². The second kappa shape index (κ2) is 7.23. The Morgan fingerprint density at radius 3 is 2.71 bits per heavy atom. The van der Waals surface area contributed by atoms with Gasteiger partial charge in [0.2, 0.25) is 0 Å². The molecular weight excluding hydrogens is 260 g/mol. The van der Waals surface area contributed by atoms with E-state index in [1.807, 2.05) is 6.20 Å². The highest BCUT2D eigenvalue weighted by Gasteiger charge is 2.14. The lowest BCUT2D eigenvalue weighted by atomic mass is 9.95. The Morgan fingerprint density at radius 2 is 2.00 bits per heavy atom. The van der Waals surface area contributed by atoms with Crippen molar-refractivity contribution in [3.63, 3.8) is 0 Å². The number of ether oxygens (including phenoxy) is 1. The number of rotatable bonds is 6. The Morgan fingerprint density at radius 1 is 1.19 bits per heavy atom. The molecule has 112 valence electrons. The number of nitrogens with one attached hydrogen (secondary N) is 1. The van der Waals surface area contributed by atoms with Gasteiger partial charge in [-0.3, -0.25) is 4.98 Å². The lowest BCUT2D eigenvalue weighted by molar-refractivity contribution is 0.410. The number of aromatic nitrogens is 1. The van der Waals surface area contributed by atoms with Gasteiger partial charge in [-0.05, 0) is 49.6 Å². The lowest BCUT2D eigenvalue weighted by Gasteiger charge is -2.20. The normalized spacial score (nSPS) is 12.2. The summed E-state index contributed by atoms with van der Waals surface area (Å²) in [5, 5.41) is 3.55. The third-order valence-corrected chi connectivity index (χ3v) is 3.75. The minimum atomic E-state index is 0.248. The number of hydrogen-bond acceptors (Lipinski definition) is 3. The number of aryl methyl sites for hydroxylation is 2. The summed E-state index contributed by atoms with van der Waals surface area (Å²) in [6, 6.07) is 8.93. The minimum absolute atomic E-state index is 0.248. The van der Waals surface area contributed by atoms with Gasteiger partial charge in [0.1, 0.15) is 5.75 Å². The fourth-order valence-electron chi connectivity index (χ4n) is 2.53. The van der Waals surface area contributed by atoms with Crippen molar-refractivity contribution in [3.05, 3.63) is 58.9 Å². The van der Waals surface area contributed by atoms with Crippen molar-refractivity contribution >= 4 is 0 Å². The molecule has 0 spiro atoms. The molecule has 0 radical (unpaired) electrons. The zero-order valence-electron chi connectivity index (χ0n) is 13.3. The molecule has 1 atom stereocenters. The van der Waals surface area contributed by atoms with Crippen LogP contribution in [-0.2, 0) is 6.42 Å². The van der Waals surface area contributed by atoms with Crippen LogP contribution in [0.3, 0.4) is 0 Å². The summed E-state index contributed by atoms with van der Waals surface area (Å²) < 4.78 is 5.29. The van der Waals surface area contributed by atoms with Crippen LogP contribution in [0, 0.1) is 13.8 Å². The standard InChI is InChI=1S/C18H24N2O/c1-5-20-18(16-9-17(21-4)12-19-11-16)10-15-8-13(2)6-7-14(15)3/h6-9,11-12,18,20H,5,10H2,1-4H3. The van der Waals surface area contributed by atoms with E-state index in [1.165, 1.54) is 16.7 Å². The van der Waals surface area contributed by atoms with Gasteiger partial charge in [-0.1, -0.05) is 30.7 Å². The molecule has 1 unspecified atom stereocenters. The second-order valence-electron chi connectivity index (χ2n) is 5.40. The van der Waals surface area contributed by atoms with Crippen LogP contribution >= 0.6 is 0 Å². The van der Waals surface area contributed by atoms with E-state index in [1.54, 1.807) is 13.3 Å². The third-order valence-electron chi connectivity index (χ3n) is 3.75. The molecule has 2 rings (SSSR count). The maximum Gasteiger partial charge on any atom is 0.137 e. The van der Waals surface area contributed by atoms with Crippen LogP contribution in [-0.4, -0.2) is 18.6 Å². The van der Waals surface area contributed by atoms with Gasteiger partial charge in [-0.15, -0.1) is 0 Å². The number of nitrogens with zero attached hydrogens (tertiary/aromatic N) is 1. The number of likely N-dealkylation sites (N-methyl/N-ethyl adjacent to an activating group) is 1. The Labute approximate surface area is 127 Å². The number of methoxy groups -OCH3 is 1. The summed E-state index contributed by atoms with van der Waals surface area (Å²) in [5.41, 5.74) is 5.18. The third kappa shape index (κ3) is 4.05. The van der Waals surface area contributed by atoms with E-state index in [-0.39, 0.29) is 6.04 Å². The second-order valence-corrected chi connectivity index (χ2v) is 5.40. The largest absolute Gasteiger partial charge is 0.495 e. The topological polar surface area (TPSA) is 34.2 Å². The molecule has 0 bridgehead atoms. The first-order chi connectivity index (χ1) is 10.1. The molecule has 1 heterocycles. The molecule has 1 aromatic carbocycles. The van der Waals surface area contributed by atoms with Gasteiger partial charge < -0.3 is 10.1 Å². The average Bonchev–Trinajstić information content (AvgIpc) is 2.50. The molecule has 1 aromatic heterocycles. The molecule has 3 heteroatoms. The maximum atomic E-state index is 5.29. The molecule has 0 aliphatic carbocycles.